The van der Waals surface area contributed by atoms with Gasteiger partial charge in [0.25, 0.3) is 0 Å². The van der Waals surface area contributed by atoms with E-state index in [1.807, 2.05) is 62.4 Å². The van der Waals surface area contributed by atoms with Crippen LogP contribution in [0.3, 0.4) is 0 Å². The van der Waals surface area contributed by atoms with Crippen molar-refractivity contribution in [3.8, 4) is 11.1 Å². The van der Waals surface area contributed by atoms with E-state index in [0.29, 0.717) is 18.6 Å². The maximum atomic E-state index is 12.5. The number of ether oxygens (including phenoxy) is 1. The van der Waals surface area contributed by atoms with Gasteiger partial charge < -0.3 is 20.3 Å². The Balaban J connectivity index is 1.35. The molecule has 37 heavy (non-hydrogen) atoms. The van der Waals surface area contributed by atoms with Crippen molar-refractivity contribution in [2.45, 2.75) is 52.0 Å². The van der Waals surface area contributed by atoms with Crippen molar-refractivity contribution in [2.75, 3.05) is 13.2 Å². The summed E-state index contributed by atoms with van der Waals surface area (Å²) in [6.07, 6.45) is -0.132. The van der Waals surface area contributed by atoms with Gasteiger partial charge in [0.15, 0.2) is 5.78 Å². The molecule has 3 N–H and O–H groups in total. The largest absolute Gasteiger partial charge is 0.511 e. The van der Waals surface area contributed by atoms with Gasteiger partial charge in [-0.25, -0.2) is 9.59 Å². The first-order chi connectivity index (χ1) is 17.6. The number of nitrogens with zero attached hydrogens (tertiary/aromatic N) is 1. The Bertz CT molecular complexity index is 1250. The van der Waals surface area contributed by atoms with Crippen LogP contribution in [-0.2, 0) is 14.3 Å². The zero-order valence-corrected chi connectivity index (χ0v) is 21.3. The number of hydrogen-bond acceptors (Lipinski definition) is 6. The zero-order chi connectivity index (χ0) is 26.7. The molecule has 8 heteroatoms. The number of Topliss-reactive ketones (excluding diaryl/α,β-unsaturated/α-hetero) is 1. The second-order valence-electron chi connectivity index (χ2n) is 10.4. The van der Waals surface area contributed by atoms with Crippen LogP contribution in [0.15, 0.2) is 64.9 Å². The third kappa shape index (κ3) is 5.74. The molecule has 8 nitrogen and oxygen atoms in total. The third-order valence-corrected chi connectivity index (χ3v) is 6.91. The van der Waals surface area contributed by atoms with Crippen LogP contribution >= 0.6 is 0 Å². The molecule has 0 saturated heterocycles. The highest BCUT2D eigenvalue weighted by Gasteiger charge is 2.34. The normalized spacial score (nSPS) is 17.7. The molecule has 0 saturated carbocycles. The molecule has 2 aliphatic carbocycles. The van der Waals surface area contributed by atoms with Crippen LogP contribution in [0.5, 0.6) is 0 Å². The number of benzene rings is 2. The van der Waals surface area contributed by atoms with Crippen LogP contribution in [0, 0.1) is 5.41 Å². The Hall–Kier alpha value is -3.94. The number of amides is 1. The van der Waals surface area contributed by atoms with Crippen molar-refractivity contribution in [3.63, 3.8) is 0 Å². The predicted molar refractivity (Wildman–Crippen MR) is 140 cm³/mol. The molecule has 1 amide bonds. The van der Waals surface area contributed by atoms with Crippen molar-refractivity contribution in [1.82, 2.24) is 5.32 Å². The van der Waals surface area contributed by atoms with Crippen LogP contribution in [0.4, 0.5) is 4.79 Å². The van der Waals surface area contributed by atoms with Gasteiger partial charge in [0.1, 0.15) is 18.4 Å². The van der Waals surface area contributed by atoms with Gasteiger partial charge in [-0.05, 0) is 41.0 Å². The van der Waals surface area contributed by atoms with Crippen molar-refractivity contribution in [2.24, 2.45) is 10.4 Å². The van der Waals surface area contributed by atoms with Gasteiger partial charge in [0.05, 0.1) is 5.57 Å². The van der Waals surface area contributed by atoms with Gasteiger partial charge in [0.2, 0.25) is 0 Å². The van der Waals surface area contributed by atoms with Gasteiger partial charge in [-0.2, -0.15) is 0 Å². The van der Waals surface area contributed by atoms with Crippen LogP contribution in [0.2, 0.25) is 0 Å². The second kappa shape index (κ2) is 10.6. The van der Waals surface area contributed by atoms with E-state index in [2.05, 4.69) is 10.3 Å². The summed E-state index contributed by atoms with van der Waals surface area (Å²) in [5.41, 5.74) is 4.59. The molecular formula is C29H32N2O6. The summed E-state index contributed by atoms with van der Waals surface area (Å²) in [4.78, 5) is 41.1. The lowest BCUT2D eigenvalue weighted by Crippen LogP contribution is -2.42. The summed E-state index contributed by atoms with van der Waals surface area (Å²) in [5, 5.41) is 22.4. The summed E-state index contributed by atoms with van der Waals surface area (Å²) in [6, 6.07) is 14.7. The number of carbonyl (C=O) groups excluding carboxylic acids is 2. The standard InChI is InChI=1S/C29H32N2O6/c1-17(26-24(32)14-29(2,3)15-25(26)33)30-13-12-23(27(34)35)31-28(36)37-16-22-20-10-6-4-8-18(20)19-9-5-7-11-21(19)22/h4-11,22-23,32H,12-16H2,1-3H3,(H,31,36)(H,34,35)/t23-/m0/s1. The SMILES string of the molecule is CC(=NCC[C@H](NC(=O)OCC1c2ccccc2-c2ccccc21)C(=O)O)C1=C(O)CC(C)(C)CC1=O. The molecule has 0 bridgehead atoms. The Morgan fingerprint density at radius 2 is 1.68 bits per heavy atom. The Kier molecular flexibility index (Phi) is 7.47. The smallest absolute Gasteiger partial charge is 0.407 e. The number of hydrogen-bond donors (Lipinski definition) is 3. The zero-order valence-electron chi connectivity index (χ0n) is 21.3. The average molecular weight is 505 g/mol. The molecule has 4 rings (SSSR count). The number of carboxylic acids is 1. The molecule has 0 heterocycles. The fourth-order valence-corrected chi connectivity index (χ4v) is 5.18. The minimum atomic E-state index is -1.21. The quantitative estimate of drug-likeness (QED) is 0.433. The molecule has 0 aliphatic heterocycles. The first kappa shape index (κ1) is 26.1. The number of ketones is 1. The predicted octanol–water partition coefficient (Wildman–Crippen LogP) is 5.03. The monoisotopic (exact) mass is 504 g/mol. The highest BCUT2D eigenvalue weighted by atomic mass is 16.5. The number of aliphatic carboxylic acids is 1. The van der Waals surface area contributed by atoms with E-state index < -0.39 is 18.1 Å². The number of aliphatic imine (C=N–C) groups is 1. The molecule has 0 aromatic heterocycles. The van der Waals surface area contributed by atoms with Crippen LogP contribution in [0.25, 0.3) is 11.1 Å². The number of aliphatic hydroxyl groups is 1. The summed E-state index contributed by atoms with van der Waals surface area (Å²) in [6.45, 7) is 5.58. The molecule has 2 aromatic rings. The van der Waals surface area contributed by atoms with E-state index in [9.17, 15) is 24.6 Å². The first-order valence-electron chi connectivity index (χ1n) is 12.4. The molecule has 1 atom stereocenters. The number of fused-ring (bicyclic) bond motifs is 3. The summed E-state index contributed by atoms with van der Waals surface area (Å²) < 4.78 is 5.46. The number of alkyl carbamates (subject to hydrolysis) is 1. The molecule has 2 aliphatic rings. The Labute approximate surface area is 216 Å². The van der Waals surface area contributed by atoms with Crippen LogP contribution in [0.1, 0.15) is 57.1 Å². The highest BCUT2D eigenvalue weighted by molar-refractivity contribution is 6.22. The lowest BCUT2D eigenvalue weighted by Gasteiger charge is -2.29. The lowest BCUT2D eigenvalue weighted by atomic mass is 9.76. The Morgan fingerprint density at radius 3 is 2.24 bits per heavy atom. The van der Waals surface area contributed by atoms with Gasteiger partial charge in [-0.3, -0.25) is 9.79 Å². The second-order valence-corrected chi connectivity index (χ2v) is 10.4. The van der Waals surface area contributed by atoms with Crippen molar-refractivity contribution in [3.05, 3.63) is 71.0 Å². The van der Waals surface area contributed by atoms with Gasteiger partial charge in [0, 0.05) is 31.0 Å². The van der Waals surface area contributed by atoms with Gasteiger partial charge >= 0.3 is 12.1 Å². The topological polar surface area (TPSA) is 125 Å². The number of carbonyl (C=O) groups is 3. The summed E-state index contributed by atoms with van der Waals surface area (Å²) in [7, 11) is 0. The lowest BCUT2D eigenvalue weighted by molar-refractivity contribution is -0.139. The first-order valence-corrected chi connectivity index (χ1v) is 12.4. The van der Waals surface area contributed by atoms with E-state index in [1.165, 1.54) is 0 Å². The van der Waals surface area contributed by atoms with E-state index in [0.717, 1.165) is 22.3 Å². The number of rotatable bonds is 8. The molecule has 0 unspecified atom stereocenters. The molecule has 0 radical (unpaired) electrons. The van der Waals surface area contributed by atoms with Crippen LogP contribution < -0.4 is 5.32 Å². The van der Waals surface area contributed by atoms with E-state index in [4.69, 9.17) is 4.74 Å². The van der Waals surface area contributed by atoms with E-state index in [-0.39, 0.29) is 48.0 Å². The summed E-state index contributed by atoms with van der Waals surface area (Å²) >= 11 is 0. The van der Waals surface area contributed by atoms with Crippen LogP contribution in [-0.4, -0.2) is 53.0 Å². The maximum absolute atomic E-state index is 12.5. The Morgan fingerprint density at radius 1 is 1.08 bits per heavy atom. The van der Waals surface area contributed by atoms with Crippen molar-refractivity contribution in [1.29, 1.82) is 0 Å². The molecule has 2 aromatic carbocycles. The molecular weight excluding hydrogens is 472 g/mol. The number of carboxylic acid groups (broad SMARTS) is 1. The maximum Gasteiger partial charge on any atom is 0.407 e. The van der Waals surface area contributed by atoms with Gasteiger partial charge in [-0.1, -0.05) is 62.4 Å². The minimum Gasteiger partial charge on any atom is -0.511 e. The van der Waals surface area contributed by atoms with E-state index in [1.54, 1.807) is 6.92 Å². The highest BCUT2D eigenvalue weighted by Crippen LogP contribution is 2.44. The fourth-order valence-electron chi connectivity index (χ4n) is 5.18. The fraction of sp³-hybridized carbons (Fsp3) is 0.379. The molecule has 0 fully saturated rings. The number of aliphatic hydroxyl groups excluding tert-OH is 1. The molecule has 0 spiro atoms. The average Bonchev–Trinajstić information content (AvgIpc) is 3.14. The molecule has 194 valence electrons. The number of allylic oxidation sites excluding steroid dienone is 2. The third-order valence-electron chi connectivity index (χ3n) is 6.91. The van der Waals surface area contributed by atoms with Gasteiger partial charge in [-0.15, -0.1) is 0 Å². The van der Waals surface area contributed by atoms with Crippen molar-refractivity contribution >= 4 is 23.6 Å². The van der Waals surface area contributed by atoms with E-state index >= 15 is 0 Å². The number of nitrogens with one attached hydrogen (secondary N) is 1. The van der Waals surface area contributed by atoms with Crippen molar-refractivity contribution < 1.29 is 29.3 Å². The minimum absolute atomic E-state index is 0.00456. The summed E-state index contributed by atoms with van der Waals surface area (Å²) in [5.74, 6) is -1.51.